The van der Waals surface area contributed by atoms with E-state index in [9.17, 15) is 14.4 Å². The van der Waals surface area contributed by atoms with E-state index in [1.54, 1.807) is 17.0 Å². The Morgan fingerprint density at radius 3 is 1.87 bits per heavy atom. The highest BCUT2D eigenvalue weighted by Gasteiger charge is 2.61. The van der Waals surface area contributed by atoms with E-state index in [1.165, 1.54) is 37.4 Å². The van der Waals surface area contributed by atoms with Gasteiger partial charge in [-0.2, -0.15) is 9.97 Å². The molecular formula is C27H24N6O5. The van der Waals surface area contributed by atoms with Gasteiger partial charge >= 0.3 is 12.0 Å². The highest BCUT2D eigenvalue weighted by Crippen LogP contribution is 2.54. The maximum atomic E-state index is 14.8. The zero-order chi connectivity index (χ0) is 26.8. The minimum atomic E-state index is -1.80. The van der Waals surface area contributed by atoms with Crippen LogP contribution in [0, 0.1) is 0 Å². The Labute approximate surface area is 216 Å². The number of benzene rings is 2. The van der Waals surface area contributed by atoms with Crippen molar-refractivity contribution < 1.29 is 14.3 Å². The summed E-state index contributed by atoms with van der Waals surface area (Å²) in [6.45, 7) is 0.240. The molecule has 38 heavy (non-hydrogen) atoms. The van der Waals surface area contributed by atoms with Gasteiger partial charge in [0.25, 0.3) is 11.1 Å². The summed E-state index contributed by atoms with van der Waals surface area (Å²) in [5.41, 5.74) is -0.794. The number of para-hydroxylation sites is 1. The van der Waals surface area contributed by atoms with E-state index in [-0.39, 0.29) is 41.3 Å². The van der Waals surface area contributed by atoms with Crippen LogP contribution >= 0.6 is 0 Å². The fourth-order valence-corrected chi connectivity index (χ4v) is 5.48. The van der Waals surface area contributed by atoms with Gasteiger partial charge in [0, 0.05) is 25.3 Å². The molecule has 192 valence electrons. The van der Waals surface area contributed by atoms with Crippen molar-refractivity contribution >= 4 is 23.2 Å². The van der Waals surface area contributed by atoms with Gasteiger partial charge in [-0.1, -0.05) is 48.5 Å². The summed E-state index contributed by atoms with van der Waals surface area (Å²) in [6.07, 6.45) is 0. The van der Waals surface area contributed by atoms with Crippen LogP contribution in [0.4, 0.5) is 17.3 Å². The molecule has 2 aromatic carbocycles. The van der Waals surface area contributed by atoms with Crippen LogP contribution in [0.25, 0.3) is 0 Å². The van der Waals surface area contributed by atoms with Gasteiger partial charge in [-0.25, -0.2) is 0 Å². The molecule has 0 fully saturated rings. The quantitative estimate of drug-likeness (QED) is 0.440. The first kappa shape index (κ1) is 23.5. The smallest absolute Gasteiger partial charge is 0.300 e. The second kappa shape index (κ2) is 8.30. The summed E-state index contributed by atoms with van der Waals surface area (Å²) in [7, 11) is 5.81. The second-order valence-corrected chi connectivity index (χ2v) is 9.14. The Bertz CT molecular complexity index is 1670. The van der Waals surface area contributed by atoms with Crippen LogP contribution in [0.2, 0.25) is 0 Å². The normalized spacial score (nSPS) is 14.5. The van der Waals surface area contributed by atoms with E-state index >= 15 is 0 Å². The molecule has 1 spiro atoms. The molecule has 1 N–H and O–H groups in total. The second-order valence-electron chi connectivity index (χ2n) is 9.14. The van der Waals surface area contributed by atoms with Crippen LogP contribution < -0.4 is 30.8 Å². The molecule has 6 rings (SSSR count). The van der Waals surface area contributed by atoms with E-state index in [2.05, 4.69) is 15.3 Å². The van der Waals surface area contributed by atoms with E-state index < -0.39 is 22.4 Å². The van der Waals surface area contributed by atoms with E-state index in [0.29, 0.717) is 11.3 Å². The lowest BCUT2D eigenvalue weighted by Crippen LogP contribution is -2.52. The Hall–Kier alpha value is -4.93. The van der Waals surface area contributed by atoms with Gasteiger partial charge < -0.3 is 19.7 Å². The monoisotopic (exact) mass is 512 g/mol. The SMILES string of the molecule is COc1nc2c(c(=O)n1C)C1(C(=O)N(Cc3ccccc3)c3ccccc31)c1c(nc(OC)n(C)c1=O)N2. The third kappa shape index (κ3) is 2.92. The predicted molar refractivity (Wildman–Crippen MR) is 139 cm³/mol. The Balaban J connectivity index is 1.75. The Morgan fingerprint density at radius 2 is 1.32 bits per heavy atom. The zero-order valence-electron chi connectivity index (χ0n) is 21.2. The number of fused-ring (bicyclic) bond motifs is 6. The van der Waals surface area contributed by atoms with Gasteiger partial charge in [0.1, 0.15) is 17.1 Å². The third-order valence-corrected chi connectivity index (χ3v) is 7.20. The number of hydrogen-bond acceptors (Lipinski definition) is 8. The summed E-state index contributed by atoms with van der Waals surface area (Å²) in [4.78, 5) is 53.4. The lowest BCUT2D eigenvalue weighted by atomic mass is 9.69. The molecule has 11 heteroatoms. The number of rotatable bonds is 4. The van der Waals surface area contributed by atoms with Crippen molar-refractivity contribution in [3.8, 4) is 12.0 Å². The fourth-order valence-electron chi connectivity index (χ4n) is 5.48. The van der Waals surface area contributed by atoms with Crippen LogP contribution in [0.5, 0.6) is 12.0 Å². The molecule has 0 bridgehead atoms. The number of anilines is 3. The van der Waals surface area contributed by atoms with Crippen molar-refractivity contribution in [1.82, 2.24) is 19.1 Å². The molecule has 2 aliphatic heterocycles. The topological polar surface area (TPSA) is 121 Å². The molecule has 2 aliphatic rings. The fraction of sp³-hybridized carbons (Fsp3) is 0.222. The number of amides is 1. The first-order valence-electron chi connectivity index (χ1n) is 11.9. The van der Waals surface area contributed by atoms with Gasteiger partial charge in [-0.15, -0.1) is 0 Å². The van der Waals surface area contributed by atoms with Gasteiger partial charge in [0.05, 0.1) is 31.9 Å². The Morgan fingerprint density at radius 1 is 0.789 bits per heavy atom. The molecule has 1 amide bonds. The summed E-state index contributed by atoms with van der Waals surface area (Å²) >= 11 is 0. The standard InChI is InChI=1S/C27H24N6O5/c1-31-22(34)18-20(29-25(31)37-3)28-21-19(23(35)32(2)26(30-21)38-4)27(18)16-12-8-9-13-17(16)33(24(27)36)14-15-10-6-5-7-11-15/h5-13,28H,14H2,1-4H3. The summed E-state index contributed by atoms with van der Waals surface area (Å²) in [5.74, 6) is -0.269. The van der Waals surface area contributed by atoms with E-state index in [0.717, 1.165) is 5.56 Å². The van der Waals surface area contributed by atoms with Crippen LogP contribution in [-0.2, 0) is 30.8 Å². The summed E-state index contributed by atoms with van der Waals surface area (Å²) in [6, 6.07) is 16.8. The van der Waals surface area contributed by atoms with Crippen molar-refractivity contribution in [1.29, 1.82) is 0 Å². The highest BCUT2D eigenvalue weighted by molar-refractivity contribution is 6.15. The highest BCUT2D eigenvalue weighted by atomic mass is 16.5. The zero-order valence-corrected chi connectivity index (χ0v) is 21.2. The van der Waals surface area contributed by atoms with Crippen molar-refractivity contribution in [2.75, 3.05) is 24.4 Å². The molecule has 0 unspecified atom stereocenters. The summed E-state index contributed by atoms with van der Waals surface area (Å²) < 4.78 is 13.1. The molecule has 4 heterocycles. The number of carbonyl (C=O) groups is 1. The van der Waals surface area contributed by atoms with Crippen molar-refractivity contribution in [2.45, 2.75) is 12.0 Å². The molecule has 0 atom stereocenters. The van der Waals surface area contributed by atoms with E-state index in [4.69, 9.17) is 9.47 Å². The minimum Gasteiger partial charge on any atom is -0.468 e. The van der Waals surface area contributed by atoms with Crippen LogP contribution in [-0.4, -0.2) is 39.2 Å². The van der Waals surface area contributed by atoms with Crippen LogP contribution in [0.3, 0.4) is 0 Å². The maximum absolute atomic E-state index is 14.8. The first-order chi connectivity index (χ1) is 18.3. The Kier molecular flexibility index (Phi) is 5.13. The molecule has 0 radical (unpaired) electrons. The maximum Gasteiger partial charge on any atom is 0.300 e. The van der Waals surface area contributed by atoms with Gasteiger partial charge in [-0.05, 0) is 11.6 Å². The largest absolute Gasteiger partial charge is 0.468 e. The third-order valence-electron chi connectivity index (χ3n) is 7.20. The average molecular weight is 513 g/mol. The number of ether oxygens (including phenoxy) is 2. The molecule has 0 aliphatic carbocycles. The molecule has 0 saturated heterocycles. The number of nitrogens with one attached hydrogen (secondary N) is 1. The van der Waals surface area contributed by atoms with Crippen molar-refractivity contribution in [3.05, 3.63) is 97.6 Å². The first-order valence-corrected chi connectivity index (χ1v) is 11.9. The molecular weight excluding hydrogens is 488 g/mol. The van der Waals surface area contributed by atoms with Crippen molar-refractivity contribution in [3.63, 3.8) is 0 Å². The number of methoxy groups -OCH3 is 2. The number of aromatic nitrogens is 4. The van der Waals surface area contributed by atoms with Gasteiger partial charge in [0.15, 0.2) is 0 Å². The lowest BCUT2D eigenvalue weighted by Gasteiger charge is -2.35. The minimum absolute atomic E-state index is 0.0328. The molecule has 2 aromatic heterocycles. The van der Waals surface area contributed by atoms with Gasteiger partial charge in [0.2, 0.25) is 5.91 Å². The molecule has 4 aromatic rings. The van der Waals surface area contributed by atoms with Crippen LogP contribution in [0.15, 0.2) is 64.2 Å². The van der Waals surface area contributed by atoms with Crippen LogP contribution in [0.1, 0.15) is 22.3 Å². The summed E-state index contributed by atoms with van der Waals surface area (Å²) in [5, 5.41) is 3.01. The van der Waals surface area contributed by atoms with E-state index in [1.807, 2.05) is 42.5 Å². The predicted octanol–water partition coefficient (Wildman–Crippen LogP) is 1.83. The number of nitrogens with zero attached hydrogens (tertiary/aromatic N) is 5. The van der Waals surface area contributed by atoms with Crippen molar-refractivity contribution in [2.24, 2.45) is 14.1 Å². The molecule has 11 nitrogen and oxygen atoms in total. The molecule has 0 saturated carbocycles. The average Bonchev–Trinajstić information content (AvgIpc) is 3.16. The van der Waals surface area contributed by atoms with Gasteiger partial charge in [-0.3, -0.25) is 23.5 Å². The number of carbonyl (C=O) groups excluding carboxylic acids is 1. The lowest BCUT2D eigenvalue weighted by molar-refractivity contribution is -0.121. The number of hydrogen-bond donors (Lipinski definition) is 1.